The van der Waals surface area contributed by atoms with Crippen molar-refractivity contribution in [2.45, 2.75) is 59.7 Å². The van der Waals surface area contributed by atoms with Gasteiger partial charge in [0.05, 0.1) is 25.7 Å². The smallest absolute Gasteiger partial charge is 0.424 e. The van der Waals surface area contributed by atoms with Crippen LogP contribution in [0.4, 0.5) is 15.3 Å². The predicted octanol–water partition coefficient (Wildman–Crippen LogP) is 4.58. The van der Waals surface area contributed by atoms with Gasteiger partial charge in [0.25, 0.3) is 0 Å². The van der Waals surface area contributed by atoms with Crippen LogP contribution in [0.1, 0.15) is 59.0 Å². The molecule has 0 spiro atoms. The van der Waals surface area contributed by atoms with Crippen LogP contribution in [0.15, 0.2) is 29.8 Å². The minimum atomic E-state index is -0.891. The molecule has 1 aliphatic heterocycles. The van der Waals surface area contributed by atoms with E-state index >= 15 is 0 Å². The van der Waals surface area contributed by atoms with Crippen molar-refractivity contribution in [3.8, 4) is 5.75 Å². The third kappa shape index (κ3) is 7.69. The summed E-state index contributed by atoms with van der Waals surface area (Å²) < 4.78 is 26.8. The first-order chi connectivity index (χ1) is 16.3. The van der Waals surface area contributed by atoms with E-state index in [2.05, 4.69) is 10.3 Å². The highest BCUT2D eigenvalue weighted by molar-refractivity contribution is 5.96. The molecule has 0 saturated carbocycles. The Bertz CT molecular complexity index is 967. The van der Waals surface area contributed by atoms with Crippen LogP contribution in [0.25, 0.3) is 0 Å². The lowest BCUT2D eigenvalue weighted by Gasteiger charge is -2.31. The highest BCUT2D eigenvalue weighted by atomic mass is 16.6. The molecule has 0 aliphatic carbocycles. The van der Waals surface area contributed by atoms with Crippen molar-refractivity contribution >= 4 is 23.8 Å². The van der Waals surface area contributed by atoms with Gasteiger partial charge in [-0.25, -0.2) is 14.4 Å². The van der Waals surface area contributed by atoms with Gasteiger partial charge in [-0.15, -0.1) is 0 Å². The molecule has 0 unspecified atom stereocenters. The average molecular weight is 494 g/mol. The quantitative estimate of drug-likeness (QED) is 0.414. The summed E-state index contributed by atoms with van der Waals surface area (Å²) in [5.41, 5.74) is -0.498. The summed E-state index contributed by atoms with van der Waals surface area (Å²) in [4.78, 5) is 42.1. The Balaban J connectivity index is 2.36. The van der Waals surface area contributed by atoms with Crippen LogP contribution < -0.4 is 10.1 Å². The highest BCUT2D eigenvalue weighted by Crippen LogP contribution is 2.31. The van der Waals surface area contributed by atoms with E-state index < -0.39 is 29.4 Å². The maximum atomic E-state index is 13.1. The van der Waals surface area contributed by atoms with Gasteiger partial charge in [-0.2, -0.15) is 4.90 Å². The number of imide groups is 1. The van der Waals surface area contributed by atoms with E-state index in [0.717, 1.165) is 4.90 Å². The number of hydrogen-bond donors (Lipinski definition) is 2. The van der Waals surface area contributed by atoms with E-state index in [9.17, 15) is 14.4 Å². The van der Waals surface area contributed by atoms with Crippen LogP contribution in [0, 0.1) is 0 Å². The van der Waals surface area contributed by atoms with E-state index in [1.165, 1.54) is 19.6 Å². The summed E-state index contributed by atoms with van der Waals surface area (Å²) in [6.07, 6.45) is 2.73. The summed E-state index contributed by atoms with van der Waals surface area (Å²) in [5, 5.41) is 3.10. The lowest BCUT2D eigenvalue weighted by atomic mass is 10.1. The van der Waals surface area contributed by atoms with Crippen LogP contribution in [-0.4, -0.2) is 66.1 Å². The number of rotatable bonds is 7. The minimum Gasteiger partial charge on any atom is -0.497 e. The fourth-order valence-corrected chi connectivity index (χ4v) is 3.01. The topological polar surface area (TPSA) is 128 Å². The van der Waals surface area contributed by atoms with Crippen molar-refractivity contribution in [1.29, 1.82) is 0 Å². The molecule has 35 heavy (non-hydrogen) atoms. The average Bonchev–Trinajstić information content (AvgIpc) is 3.13. The van der Waals surface area contributed by atoms with Gasteiger partial charge in [0, 0.05) is 18.3 Å². The normalized spacial score (nSPS) is 13.6. The Morgan fingerprint density at radius 3 is 2.20 bits per heavy atom. The number of methoxy groups -OCH3 is 1. The maximum absolute atomic E-state index is 13.1. The van der Waals surface area contributed by atoms with Gasteiger partial charge in [-0.3, -0.25) is 0 Å². The van der Waals surface area contributed by atoms with Crippen molar-refractivity contribution in [2.24, 2.45) is 0 Å². The van der Waals surface area contributed by atoms with E-state index in [-0.39, 0.29) is 31.1 Å². The van der Waals surface area contributed by atoms with Gasteiger partial charge in [-0.05, 0) is 54.5 Å². The van der Waals surface area contributed by atoms with E-state index in [1.54, 1.807) is 54.5 Å². The summed E-state index contributed by atoms with van der Waals surface area (Å²) in [6.45, 7) is 12.3. The number of nitrogens with zero attached hydrogens (tertiary/aromatic N) is 1. The van der Waals surface area contributed by atoms with Gasteiger partial charge >= 0.3 is 18.2 Å². The fraction of sp³-hybridized carbons (Fsp3) is 0.542. The zero-order chi connectivity index (χ0) is 26.4. The second kappa shape index (κ2) is 11.2. The molecule has 1 aromatic rings. The highest BCUT2D eigenvalue weighted by Gasteiger charge is 2.36. The Labute approximate surface area is 205 Å². The third-order valence-corrected chi connectivity index (χ3v) is 4.32. The zero-order valence-electron chi connectivity index (χ0n) is 21.6. The van der Waals surface area contributed by atoms with E-state index in [0.29, 0.717) is 17.0 Å². The van der Waals surface area contributed by atoms with Crippen molar-refractivity contribution in [1.82, 2.24) is 9.88 Å². The molecular formula is C24H35N3O8. The molecule has 2 N–H and O–H groups in total. The first-order valence-electron chi connectivity index (χ1n) is 11.2. The van der Waals surface area contributed by atoms with Crippen molar-refractivity contribution in [2.75, 3.05) is 32.2 Å². The number of carbonyl (C=O) groups is 3. The number of aromatic amines is 1. The van der Waals surface area contributed by atoms with Gasteiger partial charge < -0.3 is 34.0 Å². The Morgan fingerprint density at radius 2 is 1.69 bits per heavy atom. The molecule has 2 heterocycles. The first-order valence-corrected chi connectivity index (χ1v) is 11.2. The van der Waals surface area contributed by atoms with Crippen molar-refractivity contribution in [3.05, 3.63) is 35.5 Å². The minimum absolute atomic E-state index is 0.0640. The molecule has 0 saturated heterocycles. The summed E-state index contributed by atoms with van der Waals surface area (Å²) in [5.74, 6) is -0.181. The Hall–Kier alpha value is -3.63. The second-order valence-electron chi connectivity index (χ2n) is 9.54. The molecule has 0 bridgehead atoms. The molecule has 0 fully saturated rings. The van der Waals surface area contributed by atoms with E-state index in [4.69, 9.17) is 23.7 Å². The maximum Gasteiger partial charge on any atom is 0.424 e. The largest absolute Gasteiger partial charge is 0.497 e. The number of nitrogens with one attached hydrogen (secondary N) is 2. The first kappa shape index (κ1) is 27.6. The van der Waals surface area contributed by atoms with Gasteiger partial charge in [-0.1, -0.05) is 0 Å². The van der Waals surface area contributed by atoms with Gasteiger partial charge in [0.2, 0.25) is 0 Å². The standard InChI is InChI=1S/C24H35N3O8/c1-9-33-20(28)19-18(17(31-8)13-26-19)25-12-15-14-32-11-10-16(15)27(21(29)34-23(2,3)4)22(30)35-24(5,6)7/h10,13-14,25-26H,9,11-12H2,1-8H3. The Kier molecular flexibility index (Phi) is 8.83. The number of carbonyl (C=O) groups excluding carboxylic acids is 3. The molecule has 0 atom stereocenters. The molecule has 1 aromatic heterocycles. The van der Waals surface area contributed by atoms with Crippen molar-refractivity contribution < 1.29 is 38.1 Å². The van der Waals surface area contributed by atoms with Crippen LogP contribution in [0.3, 0.4) is 0 Å². The molecule has 0 aromatic carbocycles. The number of hydrogen-bond acceptors (Lipinski definition) is 9. The molecule has 2 amide bonds. The third-order valence-electron chi connectivity index (χ3n) is 4.32. The number of ether oxygens (including phenoxy) is 5. The monoisotopic (exact) mass is 493 g/mol. The van der Waals surface area contributed by atoms with E-state index in [1.807, 2.05) is 0 Å². The number of aromatic nitrogens is 1. The van der Waals surface area contributed by atoms with Gasteiger partial charge in [0.15, 0.2) is 11.4 Å². The predicted molar refractivity (Wildman–Crippen MR) is 128 cm³/mol. The van der Waals surface area contributed by atoms with Crippen LogP contribution >= 0.6 is 0 Å². The van der Waals surface area contributed by atoms with Crippen LogP contribution in [0.2, 0.25) is 0 Å². The molecule has 11 heteroatoms. The molecular weight excluding hydrogens is 458 g/mol. The number of esters is 1. The lowest BCUT2D eigenvalue weighted by Crippen LogP contribution is -2.44. The molecule has 11 nitrogen and oxygen atoms in total. The van der Waals surface area contributed by atoms with Crippen molar-refractivity contribution in [3.63, 3.8) is 0 Å². The lowest BCUT2D eigenvalue weighted by molar-refractivity contribution is 0.00828. The molecule has 1 aliphatic rings. The summed E-state index contributed by atoms with van der Waals surface area (Å²) >= 11 is 0. The van der Waals surface area contributed by atoms with Gasteiger partial charge in [0.1, 0.15) is 23.5 Å². The fourth-order valence-electron chi connectivity index (χ4n) is 3.01. The molecule has 2 rings (SSSR count). The second-order valence-corrected chi connectivity index (χ2v) is 9.54. The van der Waals surface area contributed by atoms with Crippen LogP contribution in [0.5, 0.6) is 5.75 Å². The number of amides is 2. The SMILES string of the molecule is CCOC(=O)c1[nH]cc(OC)c1NCC1=COCC=C1N(C(=O)OC(C)(C)C)C(=O)OC(C)(C)C. The summed E-state index contributed by atoms with van der Waals surface area (Å²) in [7, 11) is 1.46. The number of anilines is 1. The van der Waals surface area contributed by atoms with Crippen LogP contribution in [-0.2, 0) is 18.9 Å². The molecule has 0 radical (unpaired) electrons. The number of H-pyrrole nitrogens is 1. The molecule has 194 valence electrons. The Morgan fingerprint density at radius 1 is 1.09 bits per heavy atom. The zero-order valence-corrected chi connectivity index (χ0v) is 21.6. The summed E-state index contributed by atoms with van der Waals surface area (Å²) in [6, 6.07) is 0.